The molecule has 2 N–H and O–H groups in total. The van der Waals surface area contributed by atoms with Crippen LogP contribution in [0.3, 0.4) is 0 Å². The fourth-order valence-electron chi connectivity index (χ4n) is 2.74. The molecule has 0 fully saturated rings. The fourth-order valence-corrected chi connectivity index (χ4v) is 2.74. The van der Waals surface area contributed by atoms with Crippen molar-refractivity contribution in [3.8, 4) is 5.75 Å². The van der Waals surface area contributed by atoms with E-state index in [0.29, 0.717) is 13.1 Å². The molecule has 26 heavy (non-hydrogen) atoms. The standard InChI is InChI=1S/C20H25N3O3/c1-4-21-20(25)22-19(24)18(16-8-6-5-7-9-16)23(2)14-15-10-12-17(26-3)13-11-15/h5-13,18H,4,14H2,1-3H3,(H2,21,22,24,25). The summed E-state index contributed by atoms with van der Waals surface area (Å²) in [5.41, 5.74) is 1.87. The Kier molecular flexibility index (Phi) is 7.17. The molecule has 0 saturated heterocycles. The number of imide groups is 1. The monoisotopic (exact) mass is 355 g/mol. The van der Waals surface area contributed by atoms with E-state index >= 15 is 0 Å². The zero-order valence-corrected chi connectivity index (χ0v) is 15.4. The van der Waals surface area contributed by atoms with Gasteiger partial charge in [-0.05, 0) is 37.2 Å². The van der Waals surface area contributed by atoms with E-state index in [1.165, 1.54) is 0 Å². The van der Waals surface area contributed by atoms with Crippen molar-refractivity contribution in [1.82, 2.24) is 15.5 Å². The number of likely N-dealkylation sites (N-methyl/N-ethyl adjacent to an activating group) is 1. The third-order valence-corrected chi connectivity index (χ3v) is 3.97. The molecule has 0 heterocycles. The topological polar surface area (TPSA) is 70.7 Å². The van der Waals surface area contributed by atoms with Crippen molar-refractivity contribution in [3.63, 3.8) is 0 Å². The Labute approximate surface area is 154 Å². The molecule has 0 aliphatic heterocycles. The third-order valence-electron chi connectivity index (χ3n) is 3.97. The van der Waals surface area contributed by atoms with Crippen molar-refractivity contribution >= 4 is 11.9 Å². The molecule has 138 valence electrons. The normalized spacial score (nSPS) is 11.7. The molecule has 0 saturated carbocycles. The maximum Gasteiger partial charge on any atom is 0.321 e. The number of hydrogen-bond acceptors (Lipinski definition) is 4. The smallest absolute Gasteiger partial charge is 0.321 e. The van der Waals surface area contributed by atoms with Gasteiger partial charge in [-0.15, -0.1) is 0 Å². The van der Waals surface area contributed by atoms with Crippen molar-refractivity contribution in [3.05, 3.63) is 65.7 Å². The summed E-state index contributed by atoms with van der Waals surface area (Å²) in [5.74, 6) is 0.420. The highest BCUT2D eigenvalue weighted by Gasteiger charge is 2.26. The molecule has 2 rings (SSSR count). The molecule has 6 nitrogen and oxygen atoms in total. The Hall–Kier alpha value is -2.86. The van der Waals surface area contributed by atoms with Crippen LogP contribution in [0.5, 0.6) is 5.75 Å². The zero-order valence-electron chi connectivity index (χ0n) is 15.4. The molecule has 2 aromatic carbocycles. The number of nitrogens with one attached hydrogen (secondary N) is 2. The van der Waals surface area contributed by atoms with Gasteiger partial charge in [0.15, 0.2) is 0 Å². The average Bonchev–Trinajstić information content (AvgIpc) is 2.63. The highest BCUT2D eigenvalue weighted by Crippen LogP contribution is 2.22. The molecule has 6 heteroatoms. The first kappa shape index (κ1) is 19.5. The maximum atomic E-state index is 12.7. The summed E-state index contributed by atoms with van der Waals surface area (Å²) in [5, 5.41) is 4.99. The summed E-state index contributed by atoms with van der Waals surface area (Å²) in [6.45, 7) is 2.80. The zero-order chi connectivity index (χ0) is 18.9. The minimum absolute atomic E-state index is 0.363. The second-order valence-electron chi connectivity index (χ2n) is 5.93. The van der Waals surface area contributed by atoms with Gasteiger partial charge in [0, 0.05) is 13.1 Å². The van der Waals surface area contributed by atoms with Crippen LogP contribution in [0.1, 0.15) is 24.1 Å². The lowest BCUT2D eigenvalue weighted by atomic mass is 10.0. The molecule has 1 unspecified atom stereocenters. The number of urea groups is 1. The minimum atomic E-state index is -0.582. The first-order valence-corrected chi connectivity index (χ1v) is 8.52. The van der Waals surface area contributed by atoms with Crippen LogP contribution in [-0.2, 0) is 11.3 Å². The van der Waals surface area contributed by atoms with Crippen molar-refractivity contribution in [2.75, 3.05) is 20.7 Å². The summed E-state index contributed by atoms with van der Waals surface area (Å²) < 4.78 is 5.17. The third kappa shape index (κ3) is 5.32. The van der Waals surface area contributed by atoms with Crippen molar-refractivity contribution in [2.45, 2.75) is 19.5 Å². The summed E-state index contributed by atoms with van der Waals surface area (Å²) >= 11 is 0. The van der Waals surface area contributed by atoms with E-state index in [1.807, 2.05) is 66.5 Å². The lowest BCUT2D eigenvalue weighted by Crippen LogP contribution is -2.45. The molecule has 0 aliphatic carbocycles. The highest BCUT2D eigenvalue weighted by atomic mass is 16.5. The van der Waals surface area contributed by atoms with Crippen LogP contribution >= 0.6 is 0 Å². The van der Waals surface area contributed by atoms with Gasteiger partial charge in [-0.25, -0.2) is 4.79 Å². The molecule has 0 bridgehead atoms. The Morgan fingerprint density at radius 3 is 2.31 bits per heavy atom. The van der Waals surface area contributed by atoms with E-state index in [-0.39, 0.29) is 5.91 Å². The molecule has 0 radical (unpaired) electrons. The van der Waals surface area contributed by atoms with Crippen LogP contribution in [0.15, 0.2) is 54.6 Å². The van der Waals surface area contributed by atoms with Gasteiger partial charge in [-0.1, -0.05) is 42.5 Å². The fraction of sp³-hybridized carbons (Fsp3) is 0.300. The number of carbonyl (C=O) groups is 2. The number of ether oxygens (including phenoxy) is 1. The molecule has 3 amide bonds. The van der Waals surface area contributed by atoms with Gasteiger partial charge in [0.1, 0.15) is 11.8 Å². The minimum Gasteiger partial charge on any atom is -0.497 e. The van der Waals surface area contributed by atoms with Gasteiger partial charge in [-0.3, -0.25) is 15.0 Å². The summed E-state index contributed by atoms with van der Waals surface area (Å²) in [6.07, 6.45) is 0. The van der Waals surface area contributed by atoms with Gasteiger partial charge < -0.3 is 10.1 Å². The molecule has 2 aromatic rings. The van der Waals surface area contributed by atoms with Crippen LogP contribution < -0.4 is 15.4 Å². The van der Waals surface area contributed by atoms with Gasteiger partial charge >= 0.3 is 6.03 Å². The van der Waals surface area contributed by atoms with Crippen molar-refractivity contribution in [2.24, 2.45) is 0 Å². The van der Waals surface area contributed by atoms with Crippen LogP contribution in [0, 0.1) is 0 Å². The SMILES string of the molecule is CCNC(=O)NC(=O)C(c1ccccc1)N(C)Cc1ccc(OC)cc1. The van der Waals surface area contributed by atoms with Gasteiger partial charge in [-0.2, -0.15) is 0 Å². The van der Waals surface area contributed by atoms with E-state index in [9.17, 15) is 9.59 Å². The summed E-state index contributed by atoms with van der Waals surface area (Å²) in [4.78, 5) is 26.4. The Morgan fingerprint density at radius 1 is 1.08 bits per heavy atom. The molecule has 1 atom stereocenters. The number of rotatable bonds is 7. The lowest BCUT2D eigenvalue weighted by molar-refractivity contribution is -0.125. The largest absolute Gasteiger partial charge is 0.497 e. The quantitative estimate of drug-likeness (QED) is 0.801. The maximum absolute atomic E-state index is 12.7. The average molecular weight is 355 g/mol. The number of amides is 3. The van der Waals surface area contributed by atoms with Crippen molar-refractivity contribution < 1.29 is 14.3 Å². The van der Waals surface area contributed by atoms with Gasteiger partial charge in [0.2, 0.25) is 5.91 Å². The lowest BCUT2D eigenvalue weighted by Gasteiger charge is -2.27. The molecular formula is C20H25N3O3. The van der Waals surface area contributed by atoms with Gasteiger partial charge in [0.05, 0.1) is 7.11 Å². The Morgan fingerprint density at radius 2 is 1.73 bits per heavy atom. The van der Waals surface area contributed by atoms with Crippen LogP contribution in [0.2, 0.25) is 0 Å². The second kappa shape index (κ2) is 9.58. The molecular weight excluding hydrogens is 330 g/mol. The van der Waals surface area contributed by atoms with Crippen LogP contribution in [0.4, 0.5) is 4.79 Å². The van der Waals surface area contributed by atoms with Gasteiger partial charge in [0.25, 0.3) is 0 Å². The Balaban J connectivity index is 2.18. The Bertz CT molecular complexity index is 717. The van der Waals surface area contributed by atoms with Crippen LogP contribution in [-0.4, -0.2) is 37.5 Å². The number of methoxy groups -OCH3 is 1. The number of carbonyl (C=O) groups excluding carboxylic acids is 2. The predicted octanol–water partition coefficient (Wildman–Crippen LogP) is 2.71. The first-order valence-electron chi connectivity index (χ1n) is 8.52. The first-order chi connectivity index (χ1) is 12.5. The van der Waals surface area contributed by atoms with E-state index in [2.05, 4.69) is 10.6 Å². The van der Waals surface area contributed by atoms with E-state index < -0.39 is 12.1 Å². The highest BCUT2D eigenvalue weighted by molar-refractivity contribution is 5.97. The number of hydrogen-bond donors (Lipinski definition) is 2. The van der Waals surface area contributed by atoms with Crippen molar-refractivity contribution in [1.29, 1.82) is 0 Å². The molecule has 0 aromatic heterocycles. The second-order valence-corrected chi connectivity index (χ2v) is 5.93. The van der Waals surface area contributed by atoms with E-state index in [4.69, 9.17) is 4.74 Å². The van der Waals surface area contributed by atoms with E-state index in [0.717, 1.165) is 16.9 Å². The number of benzene rings is 2. The summed E-state index contributed by atoms with van der Waals surface area (Å²) in [6, 6.07) is 16.0. The number of nitrogens with zero attached hydrogens (tertiary/aromatic N) is 1. The molecule has 0 spiro atoms. The van der Waals surface area contributed by atoms with E-state index in [1.54, 1.807) is 14.0 Å². The van der Waals surface area contributed by atoms with Crippen LogP contribution in [0.25, 0.3) is 0 Å². The molecule has 0 aliphatic rings. The summed E-state index contributed by atoms with van der Waals surface area (Å²) in [7, 11) is 3.48. The predicted molar refractivity (Wildman–Crippen MR) is 101 cm³/mol.